The van der Waals surface area contributed by atoms with Crippen LogP contribution in [0.2, 0.25) is 0 Å². The molecule has 2 aliphatic rings. The number of aromatic amines is 3. The number of aromatic nitrogens is 6. The van der Waals surface area contributed by atoms with Crippen molar-refractivity contribution < 1.29 is 19.1 Å². The fraction of sp³-hybridized carbons (Fsp3) is 0.250. The predicted octanol–water partition coefficient (Wildman–Crippen LogP) is 12.8. The number of halogens is 5. The van der Waals surface area contributed by atoms with Crippen LogP contribution >= 0.6 is 63.7 Å². The largest absolute Gasteiger partial charge is 0.361 e. The summed E-state index contributed by atoms with van der Waals surface area (Å²) < 4.78 is 0. The van der Waals surface area contributed by atoms with Crippen molar-refractivity contribution in [3.8, 4) is 0 Å². The number of carbonyl (C=O) groups is 3. The van der Waals surface area contributed by atoms with Crippen LogP contribution in [0.5, 0.6) is 0 Å². The Morgan fingerprint density at radius 2 is 1.20 bits per heavy atom. The Kier molecular flexibility index (Phi) is 25.3. The van der Waals surface area contributed by atoms with E-state index >= 15 is 0 Å². The molecule has 6 atom stereocenters. The molecule has 0 saturated carbocycles. The van der Waals surface area contributed by atoms with Gasteiger partial charge < -0.3 is 30.9 Å². The summed E-state index contributed by atoms with van der Waals surface area (Å²) in [5.74, 6) is -0.154. The van der Waals surface area contributed by atoms with E-state index in [1.54, 1.807) is 36.9 Å². The average Bonchev–Trinajstić information content (AvgIpc) is 4.13. The molecule has 0 radical (unpaired) electrons. The highest BCUT2D eigenvalue weighted by molar-refractivity contribution is 14.2. The van der Waals surface area contributed by atoms with Gasteiger partial charge in [-0.25, -0.2) is 0 Å². The SMILES string of the molecule is C.C[C@H](N)Cc1c[nH]c2ccccc12.C[C@H]1Cc2c([nH]c3ccccc23)[C@H](c2ccncc2)N1.C[C@H]1Cc2c([nH]c3ccccc23)[C@H](c2ccncc2)N1C(=O)CCl.F.O=C(Cl)CCl.O=Cc1ccncc1.PI. The Morgan fingerprint density at radius 1 is 0.730 bits per heavy atom. The third-order valence-electron chi connectivity index (χ3n) is 12.1. The number of rotatable bonds is 7. The van der Waals surface area contributed by atoms with Crippen molar-refractivity contribution in [1.82, 2.24) is 40.1 Å². The van der Waals surface area contributed by atoms with Crippen LogP contribution in [-0.2, 0) is 28.9 Å². The van der Waals surface area contributed by atoms with Gasteiger partial charge in [0.1, 0.15) is 12.2 Å². The number of fused-ring (bicyclic) bond motifs is 7. The molecule has 6 N–H and O–H groups in total. The second-order valence-electron chi connectivity index (χ2n) is 17.2. The molecule has 6 aromatic heterocycles. The molecule has 390 valence electrons. The smallest absolute Gasteiger partial charge is 0.238 e. The summed E-state index contributed by atoms with van der Waals surface area (Å²) in [4.78, 5) is 56.2. The fourth-order valence-electron chi connectivity index (χ4n) is 9.12. The standard InChI is InChI=1S/C19H18ClN3O.C17H17N3.C11H14N2.C6H5NO.C2H2Cl2O.CH4.FH.H2IP/c1-12-10-15-14-4-2-3-5-16(14)22-18(15)19(23(12)17(24)11-20)13-6-8-21-9-7-13;1-11-10-14-13-4-2-3-5-15(13)20-17(14)16(19-11)12-6-8-18-9-7-12;1-8(12)6-9-7-13-11-5-3-2-4-10(9)11;8-5-6-1-3-7-4-2-6;3-1-2(4)5;;;1-2/h2-9,12,19,22H,10-11H2,1H3;2-9,11,16,19-20H,10H2,1H3;2-5,7-8,13H,6,12H2,1H3;1-5H;1H2;1H4;1H;2H2/t12-,19-;11-,16-;8-;;;;;/m000...../s1. The number of hydrogen-bond donors (Lipinski definition) is 5. The Morgan fingerprint density at radius 3 is 1.70 bits per heavy atom. The zero-order valence-corrected chi connectivity index (χ0v) is 46.1. The third kappa shape index (κ3) is 15.7. The van der Waals surface area contributed by atoms with Crippen LogP contribution < -0.4 is 11.1 Å². The van der Waals surface area contributed by atoms with Gasteiger partial charge in [-0.15, -0.1) is 23.2 Å². The Labute approximate surface area is 462 Å². The van der Waals surface area contributed by atoms with Crippen LogP contribution in [0.15, 0.2) is 153 Å². The lowest BCUT2D eigenvalue weighted by atomic mass is 9.89. The number of carbonyl (C=O) groups excluding carboxylic acids is 3. The Bertz CT molecular complexity index is 3130. The van der Waals surface area contributed by atoms with Crippen molar-refractivity contribution in [3.05, 3.63) is 197 Å². The van der Waals surface area contributed by atoms with Crippen molar-refractivity contribution in [3.63, 3.8) is 0 Å². The number of alkyl halides is 2. The minimum Gasteiger partial charge on any atom is -0.361 e. The van der Waals surface area contributed by atoms with E-state index < -0.39 is 5.24 Å². The number of nitrogens with zero attached hydrogens (tertiary/aromatic N) is 4. The van der Waals surface area contributed by atoms with E-state index in [1.807, 2.05) is 54.7 Å². The first-order valence-electron chi connectivity index (χ1n) is 23.2. The Balaban J connectivity index is 0.000000214. The number of benzene rings is 3. The molecule has 1 amide bonds. The van der Waals surface area contributed by atoms with Gasteiger partial charge in [0, 0.05) is 111 Å². The summed E-state index contributed by atoms with van der Waals surface area (Å²) in [6.45, 7) is 8.75. The van der Waals surface area contributed by atoms with Gasteiger partial charge in [0.05, 0.1) is 18.0 Å². The van der Waals surface area contributed by atoms with E-state index in [0.717, 1.165) is 42.3 Å². The fourth-order valence-corrected chi connectivity index (χ4v) is 9.26. The summed E-state index contributed by atoms with van der Waals surface area (Å²) in [5.41, 5.74) is 18.7. The maximum Gasteiger partial charge on any atom is 0.238 e. The maximum atomic E-state index is 12.6. The molecule has 0 saturated heterocycles. The first-order chi connectivity index (χ1) is 35.0. The van der Waals surface area contributed by atoms with Gasteiger partial charge in [-0.05, 0) is 134 Å². The van der Waals surface area contributed by atoms with Crippen molar-refractivity contribution >= 4 is 114 Å². The number of hydrogen-bond acceptors (Lipinski definition) is 8. The lowest BCUT2D eigenvalue weighted by Gasteiger charge is -2.40. The zero-order valence-electron chi connectivity index (χ0n) is 40.5. The molecule has 0 bridgehead atoms. The number of nitrogens with one attached hydrogen (secondary N) is 4. The summed E-state index contributed by atoms with van der Waals surface area (Å²) in [6.07, 6.45) is 16.1. The van der Waals surface area contributed by atoms with Crippen LogP contribution in [-0.4, -0.2) is 82.1 Å². The second kappa shape index (κ2) is 30.7. The van der Waals surface area contributed by atoms with Crippen LogP contribution in [0.1, 0.15) is 89.8 Å². The van der Waals surface area contributed by atoms with Crippen LogP contribution in [0.3, 0.4) is 0 Å². The molecule has 9 aromatic rings. The number of nitrogens with two attached hydrogens (primary N) is 1. The van der Waals surface area contributed by atoms with E-state index in [0.29, 0.717) is 11.6 Å². The maximum absolute atomic E-state index is 12.6. The van der Waals surface area contributed by atoms with Gasteiger partial charge in [0.2, 0.25) is 11.1 Å². The van der Waals surface area contributed by atoms with Gasteiger partial charge in [0.15, 0.2) is 0 Å². The van der Waals surface area contributed by atoms with Crippen molar-refractivity contribution in [2.45, 2.75) is 77.7 Å². The molecule has 8 heterocycles. The van der Waals surface area contributed by atoms with Crippen LogP contribution in [0, 0.1) is 0 Å². The molecular weight excluding hydrogens is 1130 g/mol. The first kappa shape index (κ1) is 61.0. The summed E-state index contributed by atoms with van der Waals surface area (Å²) in [6, 6.07) is 37.4. The summed E-state index contributed by atoms with van der Waals surface area (Å²) in [7, 11) is 0. The molecular formula is C56H63Cl3FIN9O3P. The average molecular weight is 1190 g/mol. The second-order valence-corrected chi connectivity index (χ2v) is 18.2. The van der Waals surface area contributed by atoms with Gasteiger partial charge in [-0.1, -0.05) is 90.9 Å². The number of amides is 1. The van der Waals surface area contributed by atoms with Crippen molar-refractivity contribution in [2.24, 2.45) is 5.73 Å². The van der Waals surface area contributed by atoms with Gasteiger partial charge in [-0.3, -0.25) is 34.0 Å². The van der Waals surface area contributed by atoms with Crippen molar-refractivity contribution in [1.29, 1.82) is 0 Å². The van der Waals surface area contributed by atoms with E-state index in [9.17, 15) is 14.4 Å². The molecule has 0 fully saturated rings. The van der Waals surface area contributed by atoms with E-state index in [4.69, 9.17) is 40.5 Å². The zero-order chi connectivity index (χ0) is 51.6. The molecule has 2 aliphatic heterocycles. The van der Waals surface area contributed by atoms with Gasteiger partial charge in [-0.2, -0.15) is 0 Å². The molecule has 0 spiro atoms. The highest BCUT2D eigenvalue weighted by Crippen LogP contribution is 2.41. The third-order valence-corrected chi connectivity index (χ3v) is 12.8. The normalized spacial score (nSPS) is 16.3. The summed E-state index contributed by atoms with van der Waals surface area (Å²) >= 11 is 17.5. The van der Waals surface area contributed by atoms with Crippen LogP contribution in [0.4, 0.5) is 4.70 Å². The first-order valence-corrected chi connectivity index (χ1v) is 28.9. The monoisotopic (exact) mass is 1190 g/mol. The molecule has 3 aromatic carbocycles. The molecule has 11 rings (SSSR count). The lowest BCUT2D eigenvalue weighted by molar-refractivity contribution is -0.133. The highest BCUT2D eigenvalue weighted by atomic mass is 127. The highest BCUT2D eigenvalue weighted by Gasteiger charge is 2.38. The van der Waals surface area contributed by atoms with E-state index in [-0.39, 0.29) is 54.0 Å². The molecule has 12 nitrogen and oxygen atoms in total. The lowest BCUT2D eigenvalue weighted by Crippen LogP contribution is -2.46. The van der Waals surface area contributed by atoms with Crippen LogP contribution in [0.25, 0.3) is 32.7 Å². The van der Waals surface area contributed by atoms with Gasteiger partial charge in [0.25, 0.3) is 0 Å². The molecule has 0 aliphatic carbocycles. The molecule has 18 heteroatoms. The minimum absolute atomic E-state index is 0. The predicted molar refractivity (Wildman–Crippen MR) is 316 cm³/mol. The summed E-state index contributed by atoms with van der Waals surface area (Å²) in [5, 5.41) is 7.06. The van der Waals surface area contributed by atoms with Crippen molar-refractivity contribution in [2.75, 3.05) is 11.8 Å². The molecule has 1 unspecified atom stereocenters. The number of para-hydroxylation sites is 3. The number of H-pyrrole nitrogens is 3. The Hall–Kier alpha value is -5.58. The van der Waals surface area contributed by atoms with E-state index in [2.05, 4.69) is 151 Å². The minimum atomic E-state index is -0.508. The number of pyridine rings is 3. The topological polar surface area (TPSA) is 179 Å². The van der Waals surface area contributed by atoms with E-state index in [1.165, 1.54) is 55.1 Å². The van der Waals surface area contributed by atoms with Gasteiger partial charge >= 0.3 is 0 Å². The quantitative estimate of drug-likeness (QED) is 0.0344. The number of aldehydes is 1. The molecule has 74 heavy (non-hydrogen) atoms.